The Morgan fingerprint density at radius 3 is 2.32 bits per heavy atom. The molecule has 0 saturated heterocycles. The average molecular weight is 503 g/mol. The fraction of sp³-hybridized carbons (Fsp3) is 0.733. The Kier molecular flexibility index (Phi) is 11.8. The molecular weight excluding hydrogens is 473 g/mol. The average Bonchev–Trinajstić information content (AvgIpc) is 2.83. The SMILES string of the molecule is CCNC(=NCc1sc(C)nc1C)NCCS(=O)(=O)N(CC)CC.I. The highest BCUT2D eigenvalue weighted by Crippen LogP contribution is 2.17. The van der Waals surface area contributed by atoms with Crippen molar-refractivity contribution in [2.24, 2.45) is 4.99 Å². The molecule has 146 valence electrons. The number of aromatic nitrogens is 1. The Bertz CT molecular complexity index is 642. The summed E-state index contributed by atoms with van der Waals surface area (Å²) in [6, 6.07) is 0. The van der Waals surface area contributed by atoms with Crippen LogP contribution in [-0.2, 0) is 16.6 Å². The van der Waals surface area contributed by atoms with Crippen LogP contribution in [0.2, 0.25) is 0 Å². The highest BCUT2D eigenvalue weighted by Gasteiger charge is 2.18. The van der Waals surface area contributed by atoms with Crippen LogP contribution < -0.4 is 10.6 Å². The molecule has 1 heterocycles. The monoisotopic (exact) mass is 503 g/mol. The number of hydrogen-bond donors (Lipinski definition) is 2. The van der Waals surface area contributed by atoms with Crippen LogP contribution >= 0.6 is 35.3 Å². The van der Waals surface area contributed by atoms with E-state index in [-0.39, 0.29) is 29.7 Å². The molecule has 2 N–H and O–H groups in total. The minimum Gasteiger partial charge on any atom is -0.357 e. The summed E-state index contributed by atoms with van der Waals surface area (Å²) in [5.74, 6) is 0.676. The van der Waals surface area contributed by atoms with E-state index in [0.717, 1.165) is 22.1 Å². The molecule has 0 bridgehead atoms. The van der Waals surface area contributed by atoms with Gasteiger partial charge < -0.3 is 10.6 Å². The van der Waals surface area contributed by atoms with Gasteiger partial charge in [0.25, 0.3) is 0 Å². The summed E-state index contributed by atoms with van der Waals surface area (Å²) in [6.45, 7) is 12.2. The molecule has 0 spiro atoms. The standard InChI is InChI=1S/C15H29N5O2S2.HI/c1-6-16-15(18-11-14-12(4)19-13(5)23-14)17-9-10-24(21,22)20(7-2)8-3;/h6-11H2,1-5H3,(H2,16,17,18);1H. The molecule has 0 radical (unpaired) electrons. The fourth-order valence-corrected chi connectivity index (χ4v) is 4.52. The van der Waals surface area contributed by atoms with Gasteiger partial charge in [-0.1, -0.05) is 13.8 Å². The van der Waals surface area contributed by atoms with E-state index < -0.39 is 10.0 Å². The van der Waals surface area contributed by atoms with Crippen molar-refractivity contribution >= 4 is 51.3 Å². The highest BCUT2D eigenvalue weighted by molar-refractivity contribution is 14.0. The summed E-state index contributed by atoms with van der Waals surface area (Å²) >= 11 is 1.64. The minimum atomic E-state index is -3.22. The number of sulfonamides is 1. The topological polar surface area (TPSA) is 86.7 Å². The maximum atomic E-state index is 12.2. The summed E-state index contributed by atoms with van der Waals surface area (Å²) in [7, 11) is -3.22. The third-order valence-electron chi connectivity index (χ3n) is 3.48. The van der Waals surface area contributed by atoms with Crippen molar-refractivity contribution in [1.29, 1.82) is 0 Å². The van der Waals surface area contributed by atoms with E-state index in [2.05, 4.69) is 20.6 Å². The number of thiazole rings is 1. The van der Waals surface area contributed by atoms with E-state index in [1.165, 1.54) is 4.31 Å². The van der Waals surface area contributed by atoms with Crippen molar-refractivity contribution in [3.8, 4) is 0 Å². The van der Waals surface area contributed by atoms with Crippen molar-refractivity contribution in [1.82, 2.24) is 19.9 Å². The molecule has 0 amide bonds. The van der Waals surface area contributed by atoms with Gasteiger partial charge in [-0.3, -0.25) is 0 Å². The maximum absolute atomic E-state index is 12.2. The Labute approximate surface area is 172 Å². The van der Waals surface area contributed by atoms with Gasteiger partial charge in [0.2, 0.25) is 10.0 Å². The van der Waals surface area contributed by atoms with Crippen LogP contribution in [0.4, 0.5) is 0 Å². The van der Waals surface area contributed by atoms with Crippen molar-refractivity contribution in [3.63, 3.8) is 0 Å². The molecule has 25 heavy (non-hydrogen) atoms. The third kappa shape index (κ3) is 8.18. The molecule has 0 aliphatic rings. The first kappa shape index (κ1) is 24.5. The van der Waals surface area contributed by atoms with Gasteiger partial charge in [0, 0.05) is 31.1 Å². The van der Waals surface area contributed by atoms with Gasteiger partial charge in [0.1, 0.15) is 0 Å². The molecule has 1 aromatic rings. The van der Waals surface area contributed by atoms with Gasteiger partial charge in [-0.25, -0.2) is 22.7 Å². The molecule has 0 aliphatic carbocycles. The van der Waals surface area contributed by atoms with E-state index in [9.17, 15) is 8.42 Å². The Hall–Kier alpha value is -0.460. The number of rotatable bonds is 9. The zero-order chi connectivity index (χ0) is 18.2. The zero-order valence-electron chi connectivity index (χ0n) is 15.6. The first-order valence-electron chi connectivity index (χ1n) is 8.26. The molecule has 0 aliphatic heterocycles. The maximum Gasteiger partial charge on any atom is 0.215 e. The van der Waals surface area contributed by atoms with E-state index in [4.69, 9.17) is 0 Å². The molecule has 1 rings (SSSR count). The summed E-state index contributed by atoms with van der Waals surface area (Å²) in [4.78, 5) is 10.0. The van der Waals surface area contributed by atoms with Gasteiger partial charge in [-0.05, 0) is 20.8 Å². The number of hydrogen-bond acceptors (Lipinski definition) is 5. The number of aliphatic imine (C=N–C) groups is 1. The van der Waals surface area contributed by atoms with Crippen LogP contribution in [0.3, 0.4) is 0 Å². The van der Waals surface area contributed by atoms with Crippen LogP contribution in [0.15, 0.2) is 4.99 Å². The molecule has 0 aromatic carbocycles. The highest BCUT2D eigenvalue weighted by atomic mass is 127. The molecule has 0 saturated carbocycles. The summed E-state index contributed by atoms with van der Waals surface area (Å²) < 4.78 is 25.8. The summed E-state index contributed by atoms with van der Waals surface area (Å²) in [5.41, 5.74) is 1.00. The van der Waals surface area contributed by atoms with Crippen LogP contribution in [0.25, 0.3) is 0 Å². The largest absolute Gasteiger partial charge is 0.357 e. The number of halogens is 1. The zero-order valence-corrected chi connectivity index (χ0v) is 19.6. The third-order valence-corrected chi connectivity index (χ3v) is 6.56. The van der Waals surface area contributed by atoms with E-state index in [1.54, 1.807) is 11.3 Å². The van der Waals surface area contributed by atoms with Gasteiger partial charge in [0.15, 0.2) is 5.96 Å². The molecule has 0 atom stereocenters. The quantitative estimate of drug-likeness (QED) is 0.306. The van der Waals surface area contributed by atoms with Gasteiger partial charge in [0.05, 0.1) is 23.0 Å². The molecule has 0 fully saturated rings. The number of nitrogens with one attached hydrogen (secondary N) is 2. The number of aryl methyl sites for hydroxylation is 2. The van der Waals surface area contributed by atoms with Crippen LogP contribution in [-0.4, -0.2) is 55.6 Å². The lowest BCUT2D eigenvalue weighted by Crippen LogP contribution is -2.42. The Balaban J connectivity index is 0.00000576. The van der Waals surface area contributed by atoms with E-state index in [0.29, 0.717) is 32.1 Å². The first-order chi connectivity index (χ1) is 11.3. The van der Waals surface area contributed by atoms with Crippen molar-refractivity contribution in [3.05, 3.63) is 15.6 Å². The lowest BCUT2D eigenvalue weighted by Gasteiger charge is -2.19. The van der Waals surface area contributed by atoms with Crippen LogP contribution in [0, 0.1) is 13.8 Å². The van der Waals surface area contributed by atoms with Crippen molar-refractivity contribution in [2.45, 2.75) is 41.2 Å². The van der Waals surface area contributed by atoms with Gasteiger partial charge in [-0.2, -0.15) is 0 Å². The Morgan fingerprint density at radius 1 is 1.20 bits per heavy atom. The van der Waals surface area contributed by atoms with Crippen LogP contribution in [0.1, 0.15) is 36.3 Å². The predicted molar refractivity (Wildman–Crippen MR) is 117 cm³/mol. The minimum absolute atomic E-state index is 0. The molecule has 7 nitrogen and oxygen atoms in total. The fourth-order valence-electron chi connectivity index (χ4n) is 2.26. The smallest absolute Gasteiger partial charge is 0.215 e. The molecule has 0 unspecified atom stereocenters. The summed E-state index contributed by atoms with van der Waals surface area (Å²) in [6.07, 6.45) is 0. The molecule has 10 heteroatoms. The van der Waals surface area contributed by atoms with Gasteiger partial charge in [-0.15, -0.1) is 35.3 Å². The van der Waals surface area contributed by atoms with E-state index in [1.807, 2.05) is 34.6 Å². The van der Waals surface area contributed by atoms with Crippen LogP contribution in [0.5, 0.6) is 0 Å². The number of guanidine groups is 1. The summed E-state index contributed by atoms with van der Waals surface area (Å²) in [5, 5.41) is 7.26. The second-order valence-electron chi connectivity index (χ2n) is 5.26. The Morgan fingerprint density at radius 2 is 1.84 bits per heavy atom. The normalized spacial score (nSPS) is 12.2. The second-order valence-corrected chi connectivity index (χ2v) is 8.64. The lowest BCUT2D eigenvalue weighted by atomic mass is 10.4. The second kappa shape index (κ2) is 12.0. The number of nitrogens with zero attached hydrogens (tertiary/aromatic N) is 3. The molecular formula is C15H30IN5O2S2. The lowest BCUT2D eigenvalue weighted by molar-refractivity contribution is 0.445. The van der Waals surface area contributed by atoms with Crippen molar-refractivity contribution in [2.75, 3.05) is 31.9 Å². The first-order valence-corrected chi connectivity index (χ1v) is 10.7. The van der Waals surface area contributed by atoms with E-state index >= 15 is 0 Å². The predicted octanol–water partition coefficient (Wildman–Crippen LogP) is 2.10. The van der Waals surface area contributed by atoms with Gasteiger partial charge >= 0.3 is 0 Å². The van der Waals surface area contributed by atoms with Crippen molar-refractivity contribution < 1.29 is 8.42 Å². The molecule has 1 aromatic heterocycles.